The summed E-state index contributed by atoms with van der Waals surface area (Å²) >= 11 is 3.41. The molecule has 0 bridgehead atoms. The van der Waals surface area contributed by atoms with Crippen molar-refractivity contribution in [3.63, 3.8) is 0 Å². The van der Waals surface area contributed by atoms with Gasteiger partial charge in [-0.25, -0.2) is 9.97 Å². The van der Waals surface area contributed by atoms with E-state index in [0.717, 1.165) is 28.6 Å². The maximum atomic E-state index is 5.99. The number of nitrogens with zero attached hydrogens (tertiary/aromatic N) is 2. The van der Waals surface area contributed by atoms with Crippen LogP contribution in [0.3, 0.4) is 0 Å². The number of hydrogen-bond acceptors (Lipinski definition) is 4. The molecule has 0 saturated heterocycles. The average molecular weight is 294 g/mol. The van der Waals surface area contributed by atoms with Crippen molar-refractivity contribution in [1.29, 1.82) is 0 Å². The summed E-state index contributed by atoms with van der Waals surface area (Å²) < 4.78 is 6.22. The zero-order valence-corrected chi connectivity index (χ0v) is 10.8. The molecule has 4 nitrogen and oxygen atoms in total. The fourth-order valence-corrected chi connectivity index (χ4v) is 2.56. The van der Waals surface area contributed by atoms with Crippen LogP contribution in [-0.2, 0) is 12.8 Å². The van der Waals surface area contributed by atoms with Crippen LogP contribution in [-0.4, -0.2) is 9.97 Å². The van der Waals surface area contributed by atoms with Gasteiger partial charge in [-0.3, -0.25) is 0 Å². The number of fused-ring (bicyclic) bond motifs is 1. The Morgan fingerprint density at radius 2 is 2.06 bits per heavy atom. The monoisotopic (exact) mass is 293 g/mol. The van der Waals surface area contributed by atoms with E-state index >= 15 is 0 Å². The summed E-state index contributed by atoms with van der Waals surface area (Å²) in [4.78, 5) is 8.90. The molecule has 0 saturated carbocycles. The van der Waals surface area contributed by atoms with E-state index in [1.54, 1.807) is 6.26 Å². The molecule has 1 aliphatic carbocycles. The van der Waals surface area contributed by atoms with Gasteiger partial charge < -0.3 is 10.2 Å². The van der Waals surface area contributed by atoms with Crippen LogP contribution in [0.5, 0.6) is 0 Å². The molecule has 0 fully saturated rings. The molecule has 2 aromatic rings. The maximum Gasteiger partial charge on any atom is 0.199 e. The van der Waals surface area contributed by atoms with E-state index in [-0.39, 0.29) is 0 Å². The fraction of sp³-hybridized carbons (Fsp3) is 0.333. The number of nitrogen functional groups attached to an aromatic ring is 1. The predicted molar refractivity (Wildman–Crippen MR) is 68.5 cm³/mol. The second-order valence-electron chi connectivity index (χ2n) is 4.16. The molecule has 0 aromatic carbocycles. The molecular formula is C12H12BrN3O. The SMILES string of the molecule is Nc1nc(-c2occc2Br)nc2c1CCCC2. The number of hydrogen-bond donors (Lipinski definition) is 1. The van der Waals surface area contributed by atoms with Gasteiger partial charge in [0, 0.05) is 11.3 Å². The molecule has 0 spiro atoms. The van der Waals surface area contributed by atoms with Crippen LogP contribution in [0.4, 0.5) is 5.82 Å². The van der Waals surface area contributed by atoms with E-state index in [1.165, 1.54) is 12.8 Å². The predicted octanol–water partition coefficient (Wildman–Crippen LogP) is 2.96. The molecule has 0 atom stereocenters. The molecule has 0 unspecified atom stereocenters. The van der Waals surface area contributed by atoms with Gasteiger partial charge in [-0.2, -0.15) is 0 Å². The summed E-state index contributed by atoms with van der Waals surface area (Å²) in [5.41, 5.74) is 8.18. The van der Waals surface area contributed by atoms with Gasteiger partial charge in [0.05, 0.1) is 10.7 Å². The second-order valence-corrected chi connectivity index (χ2v) is 5.02. The lowest BCUT2D eigenvalue weighted by Gasteiger charge is -2.16. The van der Waals surface area contributed by atoms with Gasteiger partial charge in [0.2, 0.25) is 0 Å². The lowest BCUT2D eigenvalue weighted by molar-refractivity contribution is 0.574. The second kappa shape index (κ2) is 4.14. The summed E-state index contributed by atoms with van der Waals surface area (Å²) in [6.07, 6.45) is 5.92. The average Bonchev–Trinajstić information content (AvgIpc) is 2.75. The van der Waals surface area contributed by atoms with E-state index in [2.05, 4.69) is 25.9 Å². The van der Waals surface area contributed by atoms with Crippen LogP contribution < -0.4 is 5.73 Å². The highest BCUT2D eigenvalue weighted by Gasteiger charge is 2.19. The van der Waals surface area contributed by atoms with Crippen LogP contribution in [0.1, 0.15) is 24.1 Å². The first kappa shape index (κ1) is 10.8. The van der Waals surface area contributed by atoms with Gasteiger partial charge in [-0.15, -0.1) is 0 Å². The summed E-state index contributed by atoms with van der Waals surface area (Å²) in [6, 6.07) is 1.83. The Hall–Kier alpha value is -1.36. The van der Waals surface area contributed by atoms with E-state index in [4.69, 9.17) is 10.2 Å². The number of halogens is 1. The number of aromatic nitrogens is 2. The van der Waals surface area contributed by atoms with Crippen LogP contribution in [0.25, 0.3) is 11.6 Å². The molecule has 0 amide bonds. The quantitative estimate of drug-likeness (QED) is 0.878. The Bertz CT molecular complexity index is 565. The zero-order chi connectivity index (χ0) is 11.8. The molecule has 0 radical (unpaired) electrons. The fourth-order valence-electron chi connectivity index (χ4n) is 2.18. The molecule has 2 aromatic heterocycles. The summed E-state index contributed by atoms with van der Waals surface area (Å²) in [6.45, 7) is 0. The van der Waals surface area contributed by atoms with Crippen LogP contribution in [0.2, 0.25) is 0 Å². The smallest absolute Gasteiger partial charge is 0.199 e. The Balaban J connectivity index is 2.14. The van der Waals surface area contributed by atoms with Crippen molar-refractivity contribution >= 4 is 21.7 Å². The number of aryl methyl sites for hydroxylation is 1. The highest BCUT2D eigenvalue weighted by molar-refractivity contribution is 9.10. The largest absolute Gasteiger partial charge is 0.460 e. The van der Waals surface area contributed by atoms with Crippen molar-refractivity contribution in [3.8, 4) is 11.6 Å². The summed E-state index contributed by atoms with van der Waals surface area (Å²) in [5, 5.41) is 0. The number of furan rings is 1. The molecule has 2 heterocycles. The van der Waals surface area contributed by atoms with Gasteiger partial charge in [-0.05, 0) is 47.7 Å². The van der Waals surface area contributed by atoms with E-state index in [1.807, 2.05) is 6.07 Å². The lowest BCUT2D eigenvalue weighted by Crippen LogP contribution is -2.11. The molecule has 17 heavy (non-hydrogen) atoms. The lowest BCUT2D eigenvalue weighted by atomic mass is 9.96. The van der Waals surface area contributed by atoms with E-state index in [0.29, 0.717) is 17.4 Å². The first-order chi connectivity index (χ1) is 8.25. The van der Waals surface area contributed by atoms with Crippen molar-refractivity contribution in [2.45, 2.75) is 25.7 Å². The van der Waals surface area contributed by atoms with Gasteiger partial charge in [-0.1, -0.05) is 0 Å². The Morgan fingerprint density at radius 1 is 1.24 bits per heavy atom. The van der Waals surface area contributed by atoms with Gasteiger partial charge in [0.15, 0.2) is 11.6 Å². The minimum atomic E-state index is 0.569. The first-order valence-electron chi connectivity index (χ1n) is 5.64. The van der Waals surface area contributed by atoms with Crippen LogP contribution in [0, 0.1) is 0 Å². The molecule has 88 valence electrons. The van der Waals surface area contributed by atoms with E-state index in [9.17, 15) is 0 Å². The topological polar surface area (TPSA) is 64.9 Å². The summed E-state index contributed by atoms with van der Waals surface area (Å²) in [7, 11) is 0. The molecular weight excluding hydrogens is 282 g/mol. The minimum Gasteiger partial charge on any atom is -0.460 e. The van der Waals surface area contributed by atoms with Crippen LogP contribution >= 0.6 is 15.9 Å². The van der Waals surface area contributed by atoms with Crippen LogP contribution in [0.15, 0.2) is 21.2 Å². The van der Waals surface area contributed by atoms with Gasteiger partial charge in [0.25, 0.3) is 0 Å². The third-order valence-corrected chi connectivity index (χ3v) is 3.66. The molecule has 5 heteroatoms. The highest BCUT2D eigenvalue weighted by Crippen LogP contribution is 2.30. The Labute approximate surface area is 107 Å². The first-order valence-corrected chi connectivity index (χ1v) is 6.43. The van der Waals surface area contributed by atoms with Crippen molar-refractivity contribution in [2.24, 2.45) is 0 Å². The van der Waals surface area contributed by atoms with Crippen molar-refractivity contribution in [3.05, 3.63) is 28.1 Å². The third kappa shape index (κ3) is 1.84. The molecule has 1 aliphatic rings. The standard InChI is InChI=1S/C12H12BrN3O/c13-8-5-6-17-10(8)12-15-9-4-2-1-3-7(9)11(14)16-12/h5-6H,1-4H2,(H2,14,15,16). The van der Waals surface area contributed by atoms with Gasteiger partial charge >= 0.3 is 0 Å². The van der Waals surface area contributed by atoms with Crippen molar-refractivity contribution < 1.29 is 4.42 Å². The van der Waals surface area contributed by atoms with Crippen molar-refractivity contribution in [2.75, 3.05) is 5.73 Å². The maximum absolute atomic E-state index is 5.99. The molecule has 0 aliphatic heterocycles. The molecule has 2 N–H and O–H groups in total. The van der Waals surface area contributed by atoms with Gasteiger partial charge in [0.1, 0.15) is 5.82 Å². The molecule has 3 rings (SSSR count). The zero-order valence-electron chi connectivity index (χ0n) is 9.24. The highest BCUT2D eigenvalue weighted by atomic mass is 79.9. The van der Waals surface area contributed by atoms with E-state index < -0.39 is 0 Å². The minimum absolute atomic E-state index is 0.569. The Morgan fingerprint density at radius 3 is 2.82 bits per heavy atom. The normalized spacial score (nSPS) is 14.6. The number of nitrogens with two attached hydrogens (primary N) is 1. The number of anilines is 1. The van der Waals surface area contributed by atoms with Crippen molar-refractivity contribution in [1.82, 2.24) is 9.97 Å². The third-order valence-electron chi connectivity index (χ3n) is 3.04. The Kier molecular flexibility index (Phi) is 2.63. The number of rotatable bonds is 1. The summed E-state index contributed by atoms with van der Waals surface area (Å²) in [5.74, 6) is 1.80.